The number of rotatable bonds is 7. The molecule has 2 aromatic rings. The second-order valence-corrected chi connectivity index (χ2v) is 6.88. The molecule has 134 valence electrons. The number of anilines is 2. The van der Waals surface area contributed by atoms with E-state index in [2.05, 4.69) is 85.7 Å². The second kappa shape index (κ2) is 9.42. The molecule has 2 aromatic carbocycles. The first-order chi connectivity index (χ1) is 12.0. The molecule has 0 aliphatic carbocycles. The molecule has 0 spiro atoms. The van der Waals surface area contributed by atoms with Crippen LogP contribution in [0.1, 0.15) is 30.0 Å². The number of thiocarbonyl (C=S) groups is 1. The Balaban J connectivity index is 1.76. The summed E-state index contributed by atoms with van der Waals surface area (Å²) in [6.45, 7) is 11.4. The predicted molar refractivity (Wildman–Crippen MR) is 114 cm³/mol. The molecule has 0 saturated carbocycles. The second-order valence-electron chi connectivity index (χ2n) is 6.47. The molecule has 0 aromatic heterocycles. The summed E-state index contributed by atoms with van der Waals surface area (Å²) in [5.41, 5.74) is 6.08. The molecule has 0 radical (unpaired) electrons. The Bertz CT molecular complexity index is 695. The van der Waals surface area contributed by atoms with Gasteiger partial charge in [-0.1, -0.05) is 29.8 Å². The van der Waals surface area contributed by atoms with Gasteiger partial charge in [0.2, 0.25) is 0 Å². The minimum atomic E-state index is 0.687. The van der Waals surface area contributed by atoms with Crippen LogP contribution in [0.2, 0.25) is 0 Å². The molecular weight excluding hydrogens is 326 g/mol. The van der Waals surface area contributed by atoms with E-state index in [0.717, 1.165) is 31.7 Å². The van der Waals surface area contributed by atoms with Crippen molar-refractivity contribution in [2.75, 3.05) is 29.9 Å². The monoisotopic (exact) mass is 355 g/mol. The summed E-state index contributed by atoms with van der Waals surface area (Å²) in [6, 6.07) is 15.1. The van der Waals surface area contributed by atoms with Gasteiger partial charge in [-0.2, -0.15) is 0 Å². The van der Waals surface area contributed by atoms with Crippen LogP contribution >= 0.6 is 12.2 Å². The number of benzene rings is 2. The average Bonchev–Trinajstić information content (AvgIpc) is 2.59. The molecular formula is C21H29N3S. The lowest BCUT2D eigenvalue weighted by Crippen LogP contribution is -2.32. The third-order valence-corrected chi connectivity index (χ3v) is 4.56. The molecule has 4 heteroatoms. The van der Waals surface area contributed by atoms with Crippen LogP contribution in [0.15, 0.2) is 42.5 Å². The number of aryl methyl sites for hydroxylation is 3. The topological polar surface area (TPSA) is 27.3 Å². The van der Waals surface area contributed by atoms with Crippen LogP contribution in [0.25, 0.3) is 0 Å². The Kier molecular flexibility index (Phi) is 7.26. The van der Waals surface area contributed by atoms with Crippen LogP contribution < -0.4 is 15.5 Å². The van der Waals surface area contributed by atoms with Crippen molar-refractivity contribution in [3.05, 3.63) is 59.2 Å². The molecule has 0 fully saturated rings. The van der Waals surface area contributed by atoms with E-state index in [1.165, 1.54) is 22.4 Å². The highest BCUT2D eigenvalue weighted by molar-refractivity contribution is 7.80. The zero-order chi connectivity index (χ0) is 18.2. The minimum absolute atomic E-state index is 0.687. The summed E-state index contributed by atoms with van der Waals surface area (Å²) < 4.78 is 0. The molecule has 25 heavy (non-hydrogen) atoms. The Morgan fingerprint density at radius 2 is 1.68 bits per heavy atom. The maximum Gasteiger partial charge on any atom is 0.170 e. The Morgan fingerprint density at radius 1 is 1.00 bits per heavy atom. The quantitative estimate of drug-likeness (QED) is 0.550. The normalized spacial score (nSPS) is 10.4. The van der Waals surface area contributed by atoms with Crippen molar-refractivity contribution in [1.29, 1.82) is 0 Å². The van der Waals surface area contributed by atoms with Crippen molar-refractivity contribution in [1.82, 2.24) is 5.32 Å². The molecule has 0 aliphatic rings. The van der Waals surface area contributed by atoms with E-state index in [9.17, 15) is 0 Å². The Hall–Kier alpha value is -2.07. The first-order valence-electron chi connectivity index (χ1n) is 8.93. The van der Waals surface area contributed by atoms with Gasteiger partial charge < -0.3 is 15.5 Å². The maximum atomic E-state index is 5.42. The molecule has 0 unspecified atom stereocenters. The third-order valence-electron chi connectivity index (χ3n) is 4.31. The molecule has 0 saturated heterocycles. The van der Waals surface area contributed by atoms with Crippen LogP contribution in [0, 0.1) is 20.8 Å². The molecule has 0 heterocycles. The average molecular weight is 356 g/mol. The van der Waals surface area contributed by atoms with Crippen molar-refractivity contribution < 1.29 is 0 Å². The van der Waals surface area contributed by atoms with E-state index in [1.807, 2.05) is 0 Å². The number of nitrogens with one attached hydrogen (secondary N) is 2. The van der Waals surface area contributed by atoms with Gasteiger partial charge >= 0.3 is 0 Å². The van der Waals surface area contributed by atoms with Crippen molar-refractivity contribution in [3.63, 3.8) is 0 Å². The third kappa shape index (κ3) is 6.05. The molecule has 0 aliphatic heterocycles. The summed E-state index contributed by atoms with van der Waals surface area (Å²) in [5.74, 6) is 0. The molecule has 0 amide bonds. The van der Waals surface area contributed by atoms with Gasteiger partial charge in [-0.05, 0) is 75.7 Å². The van der Waals surface area contributed by atoms with Crippen molar-refractivity contribution in [3.8, 4) is 0 Å². The number of nitrogens with zero attached hydrogens (tertiary/aromatic N) is 1. The summed E-state index contributed by atoms with van der Waals surface area (Å²) in [4.78, 5) is 2.39. The van der Waals surface area contributed by atoms with Crippen LogP contribution in [-0.4, -0.2) is 24.7 Å². The highest BCUT2D eigenvalue weighted by Crippen LogP contribution is 2.16. The highest BCUT2D eigenvalue weighted by atomic mass is 32.1. The molecule has 2 rings (SSSR count). The van der Waals surface area contributed by atoms with E-state index in [0.29, 0.717) is 5.11 Å². The summed E-state index contributed by atoms with van der Waals surface area (Å²) in [7, 11) is 0. The minimum Gasteiger partial charge on any atom is -0.372 e. The van der Waals surface area contributed by atoms with Crippen molar-refractivity contribution in [2.24, 2.45) is 0 Å². The number of hydrogen-bond acceptors (Lipinski definition) is 2. The van der Waals surface area contributed by atoms with Gasteiger partial charge in [0.05, 0.1) is 0 Å². The fraction of sp³-hybridized carbons (Fsp3) is 0.381. The first kappa shape index (κ1) is 19.3. The molecule has 2 N–H and O–H groups in total. The van der Waals surface area contributed by atoms with E-state index in [4.69, 9.17) is 12.2 Å². The van der Waals surface area contributed by atoms with Gasteiger partial charge in [-0.15, -0.1) is 0 Å². The zero-order valence-electron chi connectivity index (χ0n) is 15.7. The standard InChI is InChI=1S/C21H29N3S/c1-5-24(19-11-8-16(2)9-12-19)14-6-13-22-21(25)23-20-15-17(3)7-10-18(20)4/h7-12,15H,5-6,13-14H2,1-4H3,(H2,22,23,25). The van der Waals surface area contributed by atoms with Crippen LogP contribution in [0.3, 0.4) is 0 Å². The largest absolute Gasteiger partial charge is 0.372 e. The molecule has 3 nitrogen and oxygen atoms in total. The van der Waals surface area contributed by atoms with E-state index in [1.54, 1.807) is 0 Å². The Labute approximate surface area is 157 Å². The fourth-order valence-corrected chi connectivity index (χ4v) is 2.95. The van der Waals surface area contributed by atoms with Gasteiger partial charge in [0.1, 0.15) is 0 Å². The van der Waals surface area contributed by atoms with Crippen LogP contribution in [0.4, 0.5) is 11.4 Å². The van der Waals surface area contributed by atoms with Gasteiger partial charge in [-0.25, -0.2) is 0 Å². The van der Waals surface area contributed by atoms with E-state index in [-0.39, 0.29) is 0 Å². The summed E-state index contributed by atoms with van der Waals surface area (Å²) >= 11 is 5.42. The lowest BCUT2D eigenvalue weighted by atomic mass is 10.1. The van der Waals surface area contributed by atoms with Gasteiger partial charge in [0, 0.05) is 31.0 Å². The summed E-state index contributed by atoms with van der Waals surface area (Å²) in [6.07, 6.45) is 1.04. The number of hydrogen-bond donors (Lipinski definition) is 2. The van der Waals surface area contributed by atoms with Crippen molar-refractivity contribution in [2.45, 2.75) is 34.1 Å². The molecule has 0 atom stereocenters. The Morgan fingerprint density at radius 3 is 2.36 bits per heavy atom. The van der Waals surface area contributed by atoms with E-state index >= 15 is 0 Å². The molecule has 0 bridgehead atoms. The predicted octanol–water partition coefficient (Wildman–Crippen LogP) is 4.81. The van der Waals surface area contributed by atoms with E-state index < -0.39 is 0 Å². The summed E-state index contributed by atoms with van der Waals surface area (Å²) in [5, 5.41) is 7.30. The van der Waals surface area contributed by atoms with Gasteiger partial charge in [-0.3, -0.25) is 0 Å². The highest BCUT2D eigenvalue weighted by Gasteiger charge is 2.05. The SMILES string of the molecule is CCN(CCCNC(=S)Nc1cc(C)ccc1C)c1ccc(C)cc1. The van der Waals surface area contributed by atoms with Crippen LogP contribution in [0.5, 0.6) is 0 Å². The zero-order valence-corrected chi connectivity index (χ0v) is 16.5. The first-order valence-corrected chi connectivity index (χ1v) is 9.34. The fourth-order valence-electron chi connectivity index (χ4n) is 2.73. The lowest BCUT2D eigenvalue weighted by Gasteiger charge is -2.23. The smallest absolute Gasteiger partial charge is 0.170 e. The van der Waals surface area contributed by atoms with Gasteiger partial charge in [0.25, 0.3) is 0 Å². The lowest BCUT2D eigenvalue weighted by molar-refractivity contribution is 0.726. The maximum absolute atomic E-state index is 5.42. The van der Waals surface area contributed by atoms with Crippen LogP contribution in [-0.2, 0) is 0 Å². The van der Waals surface area contributed by atoms with Crippen molar-refractivity contribution >= 4 is 28.7 Å². The van der Waals surface area contributed by atoms with Gasteiger partial charge in [0.15, 0.2) is 5.11 Å².